The Morgan fingerprint density at radius 3 is 2.96 bits per heavy atom. The maximum Gasteiger partial charge on any atom is 0.250 e. The van der Waals surface area contributed by atoms with Gasteiger partial charge in [-0.15, -0.1) is 0 Å². The zero-order chi connectivity index (χ0) is 15.6. The van der Waals surface area contributed by atoms with Gasteiger partial charge in [0.1, 0.15) is 28.1 Å². The predicted molar refractivity (Wildman–Crippen MR) is 83.9 cm³/mol. The molecule has 0 aliphatic carbocycles. The van der Waals surface area contributed by atoms with E-state index in [2.05, 4.69) is 0 Å². The summed E-state index contributed by atoms with van der Waals surface area (Å²) in [6.07, 6.45) is 3.13. The quantitative estimate of drug-likeness (QED) is 0.646. The van der Waals surface area contributed by atoms with Crippen molar-refractivity contribution in [2.75, 3.05) is 7.11 Å². The molecule has 0 N–H and O–H groups in total. The van der Waals surface area contributed by atoms with E-state index in [-0.39, 0.29) is 11.3 Å². The van der Waals surface area contributed by atoms with Crippen LogP contribution in [-0.2, 0) is 4.74 Å². The van der Waals surface area contributed by atoms with Crippen LogP contribution in [0.1, 0.15) is 11.5 Å². The van der Waals surface area contributed by atoms with Crippen LogP contribution in [0, 0.1) is 0 Å². The van der Waals surface area contributed by atoms with E-state index in [1.165, 1.54) is 7.11 Å². The zero-order valence-corrected chi connectivity index (χ0v) is 12.2. The van der Waals surface area contributed by atoms with Crippen molar-refractivity contribution in [2.45, 2.75) is 12.2 Å². The smallest absolute Gasteiger partial charge is 0.250 e. The second-order valence-corrected chi connectivity index (χ2v) is 5.60. The van der Waals surface area contributed by atoms with Gasteiger partial charge in [0.2, 0.25) is 5.43 Å². The Hall–Kier alpha value is -2.95. The van der Waals surface area contributed by atoms with Crippen LogP contribution in [0.2, 0.25) is 0 Å². The summed E-state index contributed by atoms with van der Waals surface area (Å²) in [5, 5.41) is 0.974. The first-order valence-corrected chi connectivity index (χ1v) is 7.33. The van der Waals surface area contributed by atoms with Crippen molar-refractivity contribution < 1.29 is 18.6 Å². The molecule has 5 heteroatoms. The van der Waals surface area contributed by atoms with Gasteiger partial charge in [-0.05, 0) is 18.2 Å². The summed E-state index contributed by atoms with van der Waals surface area (Å²) in [4.78, 5) is 12.9. The average molecular weight is 308 g/mol. The number of hydrogen-bond acceptors (Lipinski definition) is 5. The summed E-state index contributed by atoms with van der Waals surface area (Å²) in [5.74, 6) is 0.997. The first kappa shape index (κ1) is 12.6. The van der Waals surface area contributed by atoms with Gasteiger partial charge in [0.15, 0.2) is 0 Å². The Morgan fingerprint density at radius 2 is 2.09 bits per heavy atom. The summed E-state index contributed by atoms with van der Waals surface area (Å²) in [6.45, 7) is 0. The molecule has 5 rings (SSSR count). The molecule has 3 heterocycles. The third kappa shape index (κ3) is 1.54. The molecule has 0 fully saturated rings. The number of hydrogen-bond donors (Lipinski definition) is 0. The van der Waals surface area contributed by atoms with E-state index in [1.54, 1.807) is 24.5 Å². The topological polar surface area (TPSA) is 57.9 Å². The van der Waals surface area contributed by atoms with Gasteiger partial charge in [0.25, 0.3) is 6.29 Å². The highest BCUT2D eigenvalue weighted by molar-refractivity contribution is 5.96. The van der Waals surface area contributed by atoms with E-state index < -0.39 is 6.29 Å². The minimum absolute atomic E-state index is 0.0808. The van der Waals surface area contributed by atoms with Gasteiger partial charge >= 0.3 is 0 Å². The molecule has 5 nitrogen and oxygen atoms in total. The fourth-order valence-corrected chi connectivity index (χ4v) is 3.35. The largest absolute Gasteiger partial charge is 0.496 e. The molecule has 2 aliphatic rings. The number of fused-ring (bicyclic) bond motifs is 6. The van der Waals surface area contributed by atoms with Crippen molar-refractivity contribution in [3.8, 4) is 11.5 Å². The number of methoxy groups -OCH3 is 1. The Morgan fingerprint density at radius 1 is 1.22 bits per heavy atom. The SMILES string of the molecule is COc1cc2c(c3oc4ccccc4c(=O)c13)[C@@H]1C=CO[C@@H]1O2. The van der Waals surface area contributed by atoms with Crippen LogP contribution in [0.4, 0.5) is 0 Å². The molecule has 114 valence electrons. The van der Waals surface area contributed by atoms with E-state index in [9.17, 15) is 4.79 Å². The minimum Gasteiger partial charge on any atom is -0.496 e. The fourth-order valence-electron chi connectivity index (χ4n) is 3.35. The molecule has 3 aromatic rings. The van der Waals surface area contributed by atoms with Crippen LogP contribution in [0.3, 0.4) is 0 Å². The van der Waals surface area contributed by atoms with Crippen LogP contribution in [0.5, 0.6) is 11.5 Å². The summed E-state index contributed by atoms with van der Waals surface area (Å²) in [5.41, 5.74) is 1.78. The maximum atomic E-state index is 12.9. The normalized spacial score (nSPS) is 21.1. The number of ether oxygens (including phenoxy) is 3. The number of benzene rings is 2. The number of para-hydroxylation sites is 1. The molecular weight excluding hydrogens is 296 g/mol. The standard InChI is InChI=1S/C18H12O5/c1-20-12-8-13-14(10-6-7-21-18(10)23-13)17-15(12)16(19)9-4-2-3-5-11(9)22-17/h2-8,10,18H,1H3/t10-,18+/m0/s1. The molecule has 2 aliphatic heterocycles. The van der Waals surface area contributed by atoms with Crippen LogP contribution in [0.15, 0.2) is 51.9 Å². The van der Waals surface area contributed by atoms with Crippen molar-refractivity contribution in [1.82, 2.24) is 0 Å². The van der Waals surface area contributed by atoms with Gasteiger partial charge in [-0.1, -0.05) is 12.1 Å². The van der Waals surface area contributed by atoms with Crippen molar-refractivity contribution in [1.29, 1.82) is 0 Å². The highest BCUT2D eigenvalue weighted by Crippen LogP contribution is 2.48. The summed E-state index contributed by atoms with van der Waals surface area (Å²) in [6, 6.07) is 8.94. The van der Waals surface area contributed by atoms with Crippen molar-refractivity contribution in [2.24, 2.45) is 0 Å². The Balaban J connectivity index is 1.99. The maximum absolute atomic E-state index is 12.9. The molecule has 0 unspecified atom stereocenters. The second kappa shape index (κ2) is 4.29. The van der Waals surface area contributed by atoms with E-state index in [4.69, 9.17) is 18.6 Å². The minimum atomic E-state index is -0.405. The zero-order valence-electron chi connectivity index (χ0n) is 12.2. The first-order chi connectivity index (χ1) is 11.3. The first-order valence-electron chi connectivity index (χ1n) is 7.33. The van der Waals surface area contributed by atoms with Gasteiger partial charge in [0.05, 0.1) is 30.2 Å². The Bertz CT molecular complexity index is 1050. The summed E-state index contributed by atoms with van der Waals surface area (Å²) >= 11 is 0. The lowest BCUT2D eigenvalue weighted by atomic mass is 9.97. The van der Waals surface area contributed by atoms with Crippen LogP contribution in [0.25, 0.3) is 21.9 Å². The molecule has 0 radical (unpaired) electrons. The van der Waals surface area contributed by atoms with Crippen molar-refractivity contribution >= 4 is 21.9 Å². The molecule has 2 aromatic carbocycles. The van der Waals surface area contributed by atoms with E-state index in [0.29, 0.717) is 33.4 Å². The predicted octanol–water partition coefficient (Wildman–Crippen LogP) is 3.30. The molecule has 0 saturated heterocycles. The van der Waals surface area contributed by atoms with Gasteiger partial charge in [0, 0.05) is 6.07 Å². The fraction of sp³-hybridized carbons (Fsp3) is 0.167. The molecular formula is C18H12O5. The second-order valence-electron chi connectivity index (χ2n) is 5.60. The number of rotatable bonds is 1. The molecule has 0 spiro atoms. The monoisotopic (exact) mass is 308 g/mol. The lowest BCUT2D eigenvalue weighted by Gasteiger charge is -2.10. The van der Waals surface area contributed by atoms with Crippen molar-refractivity contribution in [3.05, 3.63) is 58.5 Å². The third-order valence-electron chi connectivity index (χ3n) is 4.40. The van der Waals surface area contributed by atoms with Crippen molar-refractivity contribution in [3.63, 3.8) is 0 Å². The molecule has 0 bridgehead atoms. The van der Waals surface area contributed by atoms with E-state index in [1.807, 2.05) is 18.2 Å². The average Bonchev–Trinajstić information content (AvgIpc) is 3.14. The molecule has 2 atom stereocenters. The lowest BCUT2D eigenvalue weighted by molar-refractivity contribution is -0.00484. The molecule has 0 amide bonds. The lowest BCUT2D eigenvalue weighted by Crippen LogP contribution is -2.14. The third-order valence-corrected chi connectivity index (χ3v) is 4.40. The van der Waals surface area contributed by atoms with Gasteiger partial charge in [-0.25, -0.2) is 0 Å². The van der Waals surface area contributed by atoms with Crippen LogP contribution in [-0.4, -0.2) is 13.4 Å². The molecule has 1 aromatic heterocycles. The van der Waals surface area contributed by atoms with Gasteiger partial charge in [-0.2, -0.15) is 0 Å². The molecule has 23 heavy (non-hydrogen) atoms. The highest BCUT2D eigenvalue weighted by Gasteiger charge is 2.40. The van der Waals surface area contributed by atoms with E-state index in [0.717, 1.165) is 5.56 Å². The van der Waals surface area contributed by atoms with Gasteiger partial charge < -0.3 is 18.6 Å². The molecule has 0 saturated carbocycles. The summed E-state index contributed by atoms with van der Waals surface area (Å²) < 4.78 is 22.7. The Labute approximate surface area is 130 Å². The van der Waals surface area contributed by atoms with E-state index >= 15 is 0 Å². The van der Waals surface area contributed by atoms with Gasteiger partial charge in [-0.3, -0.25) is 4.79 Å². The van der Waals surface area contributed by atoms with Crippen LogP contribution < -0.4 is 14.9 Å². The Kier molecular flexibility index (Phi) is 2.34. The highest BCUT2D eigenvalue weighted by atomic mass is 16.7. The summed E-state index contributed by atoms with van der Waals surface area (Å²) in [7, 11) is 1.53. The van der Waals surface area contributed by atoms with Crippen LogP contribution >= 0.6 is 0 Å².